The van der Waals surface area contributed by atoms with Gasteiger partial charge in [-0.05, 0) is 37.5 Å². The smallest absolute Gasteiger partial charge is 0.244 e. The van der Waals surface area contributed by atoms with Crippen molar-refractivity contribution in [3.05, 3.63) is 34.9 Å². The lowest BCUT2D eigenvalue weighted by molar-refractivity contribution is -0.133. The molecule has 4 nitrogen and oxygen atoms in total. The molecule has 0 aromatic heterocycles. The van der Waals surface area contributed by atoms with E-state index in [9.17, 15) is 4.79 Å². The standard InChI is InChI=1S/C15H19ClN2O2/c1-10(9-20-2)18-13(11-3-5-12(16)6-4-11)17-15(7-8-15)14(18)19/h3-6,10,13,17H,7-9H2,1-2H3. The van der Waals surface area contributed by atoms with Crippen molar-refractivity contribution >= 4 is 17.5 Å². The van der Waals surface area contributed by atoms with Gasteiger partial charge in [0.1, 0.15) is 11.7 Å². The number of benzene rings is 1. The number of ether oxygens (including phenoxy) is 1. The number of nitrogens with one attached hydrogen (secondary N) is 1. The van der Waals surface area contributed by atoms with Crippen molar-refractivity contribution in [1.82, 2.24) is 10.2 Å². The number of halogens is 1. The summed E-state index contributed by atoms with van der Waals surface area (Å²) in [7, 11) is 1.66. The van der Waals surface area contributed by atoms with Gasteiger partial charge >= 0.3 is 0 Å². The molecule has 0 bridgehead atoms. The summed E-state index contributed by atoms with van der Waals surface area (Å²) >= 11 is 5.94. The van der Waals surface area contributed by atoms with E-state index in [4.69, 9.17) is 16.3 Å². The van der Waals surface area contributed by atoms with Crippen molar-refractivity contribution in [2.45, 2.75) is 37.5 Å². The van der Waals surface area contributed by atoms with Gasteiger partial charge in [-0.25, -0.2) is 0 Å². The van der Waals surface area contributed by atoms with Crippen molar-refractivity contribution in [2.75, 3.05) is 13.7 Å². The van der Waals surface area contributed by atoms with Crippen molar-refractivity contribution < 1.29 is 9.53 Å². The largest absolute Gasteiger partial charge is 0.383 e. The highest BCUT2D eigenvalue weighted by Crippen LogP contribution is 2.46. The maximum Gasteiger partial charge on any atom is 0.244 e. The monoisotopic (exact) mass is 294 g/mol. The molecule has 2 aliphatic rings. The number of carbonyl (C=O) groups is 1. The zero-order chi connectivity index (χ0) is 14.3. The fraction of sp³-hybridized carbons (Fsp3) is 0.533. The predicted molar refractivity (Wildman–Crippen MR) is 77.5 cm³/mol. The highest BCUT2D eigenvalue weighted by atomic mass is 35.5. The van der Waals surface area contributed by atoms with E-state index in [1.54, 1.807) is 7.11 Å². The molecule has 2 unspecified atom stereocenters. The Labute approximate surface area is 124 Å². The van der Waals surface area contributed by atoms with Gasteiger partial charge in [-0.2, -0.15) is 0 Å². The van der Waals surface area contributed by atoms with Crippen molar-refractivity contribution in [3.8, 4) is 0 Å². The van der Waals surface area contributed by atoms with Gasteiger partial charge in [-0.1, -0.05) is 23.7 Å². The Hall–Kier alpha value is -1.10. The molecule has 108 valence electrons. The fourth-order valence-corrected chi connectivity index (χ4v) is 3.03. The summed E-state index contributed by atoms with van der Waals surface area (Å²) in [5.74, 6) is 0.196. The lowest BCUT2D eigenvalue weighted by Crippen LogP contribution is -2.41. The van der Waals surface area contributed by atoms with Crippen LogP contribution in [-0.4, -0.2) is 36.1 Å². The number of rotatable bonds is 4. The van der Waals surface area contributed by atoms with Gasteiger partial charge in [0.15, 0.2) is 0 Å². The minimum atomic E-state index is -0.327. The van der Waals surface area contributed by atoms with Crippen LogP contribution in [0.5, 0.6) is 0 Å². The summed E-state index contributed by atoms with van der Waals surface area (Å²) < 4.78 is 5.21. The highest BCUT2D eigenvalue weighted by Gasteiger charge is 2.60. The first-order valence-electron chi connectivity index (χ1n) is 6.92. The SMILES string of the molecule is COCC(C)N1C(=O)C2(CC2)NC1c1ccc(Cl)cc1. The Morgan fingerprint density at radius 3 is 2.65 bits per heavy atom. The first-order chi connectivity index (χ1) is 9.57. The van der Waals surface area contributed by atoms with Crippen LogP contribution in [-0.2, 0) is 9.53 Å². The molecule has 1 spiro atoms. The molecule has 1 heterocycles. The summed E-state index contributed by atoms with van der Waals surface area (Å²) in [6.07, 6.45) is 1.76. The van der Waals surface area contributed by atoms with Crippen molar-refractivity contribution in [1.29, 1.82) is 0 Å². The first kappa shape index (κ1) is 13.9. The lowest BCUT2D eigenvalue weighted by atomic mass is 10.1. The molecule has 20 heavy (non-hydrogen) atoms. The third-order valence-electron chi connectivity index (χ3n) is 4.15. The molecule has 1 saturated carbocycles. The first-order valence-corrected chi connectivity index (χ1v) is 7.30. The van der Waals surface area contributed by atoms with E-state index < -0.39 is 0 Å². The summed E-state index contributed by atoms with van der Waals surface area (Å²) in [5, 5.41) is 4.20. The van der Waals surface area contributed by atoms with Crippen molar-refractivity contribution in [3.63, 3.8) is 0 Å². The molecule has 1 aromatic rings. The Morgan fingerprint density at radius 2 is 2.10 bits per heavy atom. The van der Waals surface area contributed by atoms with Gasteiger partial charge in [0.2, 0.25) is 5.91 Å². The zero-order valence-electron chi connectivity index (χ0n) is 11.7. The van der Waals surface area contributed by atoms with E-state index >= 15 is 0 Å². The second-order valence-corrected chi connectivity index (χ2v) is 6.13. The average Bonchev–Trinajstić information content (AvgIpc) is 3.14. The lowest BCUT2D eigenvalue weighted by Gasteiger charge is -2.30. The van der Waals surface area contributed by atoms with Crippen LogP contribution in [0.1, 0.15) is 31.5 Å². The molecule has 1 aliphatic carbocycles. The maximum absolute atomic E-state index is 12.6. The third kappa shape index (κ3) is 2.22. The van der Waals surface area contributed by atoms with Gasteiger partial charge in [-0.15, -0.1) is 0 Å². The molecule has 2 atom stereocenters. The van der Waals surface area contributed by atoms with Gasteiger partial charge in [0.05, 0.1) is 12.6 Å². The number of hydrogen-bond acceptors (Lipinski definition) is 3. The summed E-state index contributed by atoms with van der Waals surface area (Å²) in [5.41, 5.74) is 0.737. The molecule has 1 aliphatic heterocycles. The molecular formula is C15H19ClN2O2. The van der Waals surface area contributed by atoms with Crippen LogP contribution >= 0.6 is 11.6 Å². The van der Waals surface area contributed by atoms with Crippen LogP contribution in [0.2, 0.25) is 5.02 Å². The number of carbonyl (C=O) groups excluding carboxylic acids is 1. The van der Waals surface area contributed by atoms with E-state index in [2.05, 4.69) is 5.32 Å². The number of amides is 1. The van der Waals surface area contributed by atoms with Crippen LogP contribution in [0.3, 0.4) is 0 Å². The Kier molecular flexibility index (Phi) is 3.48. The fourth-order valence-electron chi connectivity index (χ4n) is 2.91. The minimum Gasteiger partial charge on any atom is -0.383 e. The normalized spacial score (nSPS) is 25.2. The van der Waals surface area contributed by atoms with Crippen LogP contribution in [0, 0.1) is 0 Å². The van der Waals surface area contributed by atoms with E-state index in [-0.39, 0.29) is 23.7 Å². The summed E-state index contributed by atoms with van der Waals surface area (Å²) in [6, 6.07) is 7.71. The van der Waals surface area contributed by atoms with Gasteiger partial charge < -0.3 is 9.64 Å². The molecule has 2 fully saturated rings. The number of hydrogen-bond donors (Lipinski definition) is 1. The second kappa shape index (κ2) is 5.02. The van der Waals surface area contributed by atoms with Crippen LogP contribution in [0.25, 0.3) is 0 Å². The summed E-state index contributed by atoms with van der Waals surface area (Å²) in [6.45, 7) is 2.56. The van der Waals surface area contributed by atoms with E-state index in [1.165, 1.54) is 0 Å². The van der Waals surface area contributed by atoms with Crippen LogP contribution in [0.15, 0.2) is 24.3 Å². The predicted octanol–water partition coefficient (Wildman–Crippen LogP) is 2.34. The molecular weight excluding hydrogens is 276 g/mol. The van der Waals surface area contributed by atoms with Gasteiger partial charge in [0, 0.05) is 12.1 Å². The van der Waals surface area contributed by atoms with E-state index in [0.717, 1.165) is 18.4 Å². The molecule has 1 N–H and O–H groups in total. The molecule has 0 radical (unpaired) electrons. The topological polar surface area (TPSA) is 41.6 Å². The van der Waals surface area contributed by atoms with Crippen LogP contribution in [0.4, 0.5) is 0 Å². The Morgan fingerprint density at radius 1 is 1.45 bits per heavy atom. The molecule has 3 rings (SSSR count). The van der Waals surface area contributed by atoms with Crippen molar-refractivity contribution in [2.24, 2.45) is 0 Å². The number of methoxy groups -OCH3 is 1. The van der Waals surface area contributed by atoms with E-state index in [1.807, 2.05) is 36.1 Å². The second-order valence-electron chi connectivity index (χ2n) is 5.70. The maximum atomic E-state index is 12.6. The highest BCUT2D eigenvalue weighted by molar-refractivity contribution is 6.30. The number of nitrogens with zero attached hydrogens (tertiary/aromatic N) is 1. The zero-order valence-corrected chi connectivity index (χ0v) is 12.5. The van der Waals surface area contributed by atoms with Gasteiger partial charge in [0.25, 0.3) is 0 Å². The van der Waals surface area contributed by atoms with Crippen LogP contribution < -0.4 is 5.32 Å². The minimum absolute atomic E-state index is 0.0423. The third-order valence-corrected chi connectivity index (χ3v) is 4.41. The van der Waals surface area contributed by atoms with E-state index in [0.29, 0.717) is 11.6 Å². The Bertz CT molecular complexity index is 513. The molecule has 1 amide bonds. The Balaban J connectivity index is 1.90. The molecule has 1 aromatic carbocycles. The average molecular weight is 295 g/mol. The molecule has 1 saturated heterocycles. The van der Waals surface area contributed by atoms with Gasteiger partial charge in [-0.3, -0.25) is 10.1 Å². The quantitative estimate of drug-likeness (QED) is 0.927. The molecule has 5 heteroatoms. The summed E-state index contributed by atoms with van der Waals surface area (Å²) in [4.78, 5) is 14.6.